The quantitative estimate of drug-likeness (QED) is 0.530. The fourth-order valence-electron chi connectivity index (χ4n) is 1.24. The molecule has 0 aliphatic carbocycles. The molecule has 1 heterocycles. The van der Waals surface area contributed by atoms with Gasteiger partial charge in [-0.25, -0.2) is 0 Å². The number of hydrogen-bond donors (Lipinski definition) is 1. The first-order valence-corrected chi connectivity index (χ1v) is 4.31. The van der Waals surface area contributed by atoms with Gasteiger partial charge in [-0.05, 0) is 12.1 Å². The summed E-state index contributed by atoms with van der Waals surface area (Å²) >= 11 is 0. The second kappa shape index (κ2) is 2.02. The van der Waals surface area contributed by atoms with Crippen LogP contribution in [0.3, 0.4) is 0 Å². The van der Waals surface area contributed by atoms with Crippen LogP contribution in [-0.4, -0.2) is 17.1 Å². The van der Waals surface area contributed by atoms with Crippen molar-refractivity contribution in [1.82, 2.24) is 0 Å². The van der Waals surface area contributed by atoms with Crippen molar-refractivity contribution in [2.45, 2.75) is 0 Å². The maximum atomic E-state index is 3.31. The first-order valence-electron chi connectivity index (χ1n) is 3.42. The van der Waals surface area contributed by atoms with Crippen LogP contribution in [-0.2, 0) is 0 Å². The van der Waals surface area contributed by atoms with E-state index >= 15 is 0 Å². The molecule has 1 aromatic rings. The summed E-state index contributed by atoms with van der Waals surface area (Å²) in [5.74, 6) is 0. The molecule has 0 unspecified atom stereocenters. The van der Waals surface area contributed by atoms with Crippen molar-refractivity contribution in [2.75, 3.05) is 16.6 Å². The largest absolute Gasteiger partial charge is 0.389 e. The molecule has 2 nitrogen and oxygen atoms in total. The molecule has 1 aromatic carbocycles. The van der Waals surface area contributed by atoms with Crippen molar-refractivity contribution in [3.8, 4) is 0 Å². The van der Waals surface area contributed by atoms with Gasteiger partial charge in [0.05, 0.1) is 18.0 Å². The van der Waals surface area contributed by atoms with E-state index in [1.807, 2.05) is 0 Å². The van der Waals surface area contributed by atoms with E-state index in [0.717, 1.165) is 17.1 Å². The minimum absolute atomic E-state index is 0.992. The maximum Gasteiger partial charge on any atom is 0.110 e. The predicted octanol–water partition coefficient (Wildman–Crippen LogP) is 0.156. The van der Waals surface area contributed by atoms with E-state index in [4.69, 9.17) is 0 Å². The van der Waals surface area contributed by atoms with Crippen LogP contribution in [0.15, 0.2) is 24.3 Å². The summed E-state index contributed by atoms with van der Waals surface area (Å²) in [7, 11) is 1.10. The molecule has 0 amide bonds. The molecule has 1 N–H and O–H groups in total. The summed E-state index contributed by atoms with van der Waals surface area (Å²) in [5.41, 5.74) is 2.63. The Balaban J connectivity index is 2.51. The van der Waals surface area contributed by atoms with Crippen molar-refractivity contribution in [1.29, 1.82) is 0 Å². The number of nitrogens with one attached hydrogen (secondary N) is 1. The molecule has 1 aliphatic rings. The molecule has 0 saturated heterocycles. The number of benzene rings is 1. The lowest BCUT2D eigenvalue weighted by Crippen LogP contribution is -2.17. The SMILES string of the molecule is [SiH3]N1CNc2ccccc21. The van der Waals surface area contributed by atoms with Crippen LogP contribution < -0.4 is 9.88 Å². The molecule has 10 heavy (non-hydrogen) atoms. The highest BCUT2D eigenvalue weighted by Crippen LogP contribution is 2.28. The second-order valence-corrected chi connectivity index (χ2v) is 3.63. The molecular weight excluding hydrogens is 140 g/mol. The monoisotopic (exact) mass is 150 g/mol. The number of fused-ring (bicyclic) bond motifs is 1. The molecule has 0 aromatic heterocycles. The Labute approximate surface area is 63.4 Å². The molecule has 3 heteroatoms. The van der Waals surface area contributed by atoms with Crippen molar-refractivity contribution < 1.29 is 0 Å². The maximum absolute atomic E-state index is 3.31. The number of hydrogen-bond acceptors (Lipinski definition) is 2. The van der Waals surface area contributed by atoms with Gasteiger partial charge in [0, 0.05) is 0 Å². The Kier molecular flexibility index (Phi) is 1.17. The topological polar surface area (TPSA) is 15.3 Å². The van der Waals surface area contributed by atoms with E-state index in [-0.39, 0.29) is 0 Å². The van der Waals surface area contributed by atoms with E-state index < -0.39 is 0 Å². The lowest BCUT2D eigenvalue weighted by atomic mass is 10.3. The molecule has 0 atom stereocenters. The first kappa shape index (κ1) is 5.79. The third kappa shape index (κ3) is 0.708. The van der Waals surface area contributed by atoms with Gasteiger partial charge in [-0.3, -0.25) is 0 Å². The van der Waals surface area contributed by atoms with Crippen LogP contribution in [0.1, 0.15) is 0 Å². The van der Waals surface area contributed by atoms with E-state index in [1.165, 1.54) is 11.4 Å². The van der Waals surface area contributed by atoms with Crippen LogP contribution in [0, 0.1) is 0 Å². The van der Waals surface area contributed by atoms with Crippen LogP contribution in [0.25, 0.3) is 0 Å². The van der Waals surface area contributed by atoms with Crippen LogP contribution in [0.5, 0.6) is 0 Å². The van der Waals surface area contributed by atoms with Crippen molar-refractivity contribution in [3.05, 3.63) is 24.3 Å². The first-order chi connectivity index (χ1) is 4.88. The van der Waals surface area contributed by atoms with Gasteiger partial charge in [0.1, 0.15) is 10.4 Å². The fraction of sp³-hybridized carbons (Fsp3) is 0.143. The summed E-state index contributed by atoms with van der Waals surface area (Å²) in [4.78, 5) is 0. The van der Waals surface area contributed by atoms with Crippen LogP contribution >= 0.6 is 0 Å². The lowest BCUT2D eigenvalue weighted by Gasteiger charge is -2.08. The molecule has 0 fully saturated rings. The summed E-state index contributed by atoms with van der Waals surface area (Å²) in [6.45, 7) is 0.992. The van der Waals surface area contributed by atoms with Crippen molar-refractivity contribution in [3.63, 3.8) is 0 Å². The minimum atomic E-state index is 0.992. The Bertz CT molecular complexity index is 249. The van der Waals surface area contributed by atoms with Gasteiger partial charge in [-0.15, -0.1) is 0 Å². The van der Waals surface area contributed by atoms with Gasteiger partial charge in [0.2, 0.25) is 0 Å². The highest BCUT2D eigenvalue weighted by molar-refractivity contribution is 6.20. The minimum Gasteiger partial charge on any atom is -0.389 e. The second-order valence-electron chi connectivity index (χ2n) is 2.55. The van der Waals surface area contributed by atoms with Crippen molar-refractivity contribution in [2.24, 2.45) is 0 Å². The number of nitrogens with zero attached hydrogens (tertiary/aromatic N) is 1. The van der Waals surface area contributed by atoms with E-state index in [0.29, 0.717) is 0 Å². The van der Waals surface area contributed by atoms with Gasteiger partial charge in [0.15, 0.2) is 0 Å². The van der Waals surface area contributed by atoms with Gasteiger partial charge in [0.25, 0.3) is 0 Å². The van der Waals surface area contributed by atoms with Gasteiger partial charge >= 0.3 is 0 Å². The molecule has 2 rings (SSSR count). The van der Waals surface area contributed by atoms with Crippen LogP contribution in [0.2, 0.25) is 0 Å². The zero-order valence-corrected chi connectivity index (χ0v) is 7.96. The molecule has 52 valence electrons. The summed E-state index contributed by atoms with van der Waals surface area (Å²) < 4.78 is 2.33. The standard InChI is InChI=1S/C7H10N2Si/c10-9-5-8-6-3-1-2-4-7(6)9/h1-4,8H,5H2,10H3. The van der Waals surface area contributed by atoms with Crippen LogP contribution in [0.4, 0.5) is 11.4 Å². The normalized spacial score (nSPS) is 15.0. The fourth-order valence-corrected chi connectivity index (χ4v) is 1.79. The smallest absolute Gasteiger partial charge is 0.110 e. The molecule has 0 spiro atoms. The van der Waals surface area contributed by atoms with Crippen molar-refractivity contribution >= 4 is 21.8 Å². The van der Waals surface area contributed by atoms with Gasteiger partial charge < -0.3 is 9.88 Å². The molecule has 0 radical (unpaired) electrons. The average Bonchev–Trinajstić information content (AvgIpc) is 2.34. The van der Waals surface area contributed by atoms with E-state index in [1.54, 1.807) is 0 Å². The highest BCUT2D eigenvalue weighted by Gasteiger charge is 2.11. The molecule has 0 bridgehead atoms. The number of rotatable bonds is 0. The van der Waals surface area contributed by atoms with E-state index in [2.05, 4.69) is 34.1 Å². The zero-order valence-electron chi connectivity index (χ0n) is 5.96. The third-order valence-electron chi connectivity index (χ3n) is 1.82. The zero-order chi connectivity index (χ0) is 6.97. The third-order valence-corrected chi connectivity index (χ3v) is 2.62. The molecule has 1 aliphatic heterocycles. The summed E-state index contributed by atoms with van der Waals surface area (Å²) in [5, 5.41) is 3.31. The van der Waals surface area contributed by atoms with Gasteiger partial charge in [-0.2, -0.15) is 0 Å². The molecular formula is C7H10N2Si. The summed E-state index contributed by atoms with van der Waals surface area (Å²) in [6, 6.07) is 8.42. The molecule has 0 saturated carbocycles. The van der Waals surface area contributed by atoms with Gasteiger partial charge in [-0.1, -0.05) is 12.1 Å². The Morgan fingerprint density at radius 3 is 3.00 bits per heavy atom. The highest BCUT2D eigenvalue weighted by atomic mass is 28.2. The Morgan fingerprint density at radius 1 is 1.40 bits per heavy atom. The predicted molar refractivity (Wildman–Crippen MR) is 47.3 cm³/mol. The average molecular weight is 150 g/mol. The Hall–Kier alpha value is -0.963. The lowest BCUT2D eigenvalue weighted by molar-refractivity contribution is 1.19. The number of anilines is 2. The Morgan fingerprint density at radius 2 is 2.20 bits per heavy atom. The number of para-hydroxylation sites is 2. The van der Waals surface area contributed by atoms with E-state index in [9.17, 15) is 0 Å². The summed E-state index contributed by atoms with van der Waals surface area (Å²) in [6.07, 6.45) is 0.